The zero-order chi connectivity index (χ0) is 15.6. The first-order chi connectivity index (χ1) is 9.97. The summed E-state index contributed by atoms with van der Waals surface area (Å²) in [7, 11) is 1.53. The van der Waals surface area contributed by atoms with Crippen LogP contribution in [0.5, 0.6) is 0 Å². The van der Waals surface area contributed by atoms with Crippen molar-refractivity contribution in [3.05, 3.63) is 27.1 Å². The SMILES string of the molecule is COCCOC(=O)[C@H](C)n1cnc2sc(C)c(C)c2c1=O. The van der Waals surface area contributed by atoms with E-state index in [2.05, 4.69) is 4.98 Å². The lowest BCUT2D eigenvalue weighted by atomic mass is 10.2. The van der Waals surface area contributed by atoms with E-state index < -0.39 is 12.0 Å². The van der Waals surface area contributed by atoms with E-state index in [9.17, 15) is 9.59 Å². The zero-order valence-corrected chi connectivity index (χ0v) is 13.3. The van der Waals surface area contributed by atoms with Gasteiger partial charge in [-0.1, -0.05) is 0 Å². The molecule has 0 aliphatic rings. The van der Waals surface area contributed by atoms with Crippen LogP contribution in [0.1, 0.15) is 23.4 Å². The Balaban J connectivity index is 2.34. The number of rotatable bonds is 5. The number of ether oxygens (including phenoxy) is 2. The van der Waals surface area contributed by atoms with Crippen LogP contribution in [0.3, 0.4) is 0 Å². The molecule has 0 radical (unpaired) electrons. The van der Waals surface area contributed by atoms with Gasteiger partial charge in [-0.3, -0.25) is 9.36 Å². The molecule has 1 atom stereocenters. The maximum absolute atomic E-state index is 12.5. The Morgan fingerprint density at radius 1 is 1.43 bits per heavy atom. The summed E-state index contributed by atoms with van der Waals surface area (Å²) in [4.78, 5) is 30.5. The van der Waals surface area contributed by atoms with Gasteiger partial charge in [0.05, 0.1) is 18.3 Å². The summed E-state index contributed by atoms with van der Waals surface area (Å²) in [5.41, 5.74) is 0.708. The number of fused-ring (bicyclic) bond motifs is 1. The van der Waals surface area contributed by atoms with Crippen LogP contribution in [-0.2, 0) is 14.3 Å². The van der Waals surface area contributed by atoms with Crippen LogP contribution in [0.2, 0.25) is 0 Å². The Morgan fingerprint density at radius 3 is 2.81 bits per heavy atom. The van der Waals surface area contributed by atoms with Crippen LogP contribution in [0.15, 0.2) is 11.1 Å². The number of methoxy groups -OCH3 is 1. The summed E-state index contributed by atoms with van der Waals surface area (Å²) in [6, 6.07) is -0.717. The Bertz CT molecular complexity index is 720. The highest BCUT2D eigenvalue weighted by Gasteiger charge is 2.20. The number of hydrogen-bond acceptors (Lipinski definition) is 6. The highest BCUT2D eigenvalue weighted by molar-refractivity contribution is 7.18. The molecule has 0 aliphatic heterocycles. The van der Waals surface area contributed by atoms with Gasteiger partial charge in [0.15, 0.2) is 0 Å². The molecule has 114 valence electrons. The molecule has 0 N–H and O–H groups in total. The van der Waals surface area contributed by atoms with Gasteiger partial charge in [0.2, 0.25) is 0 Å². The molecule has 0 saturated heterocycles. The number of aryl methyl sites for hydroxylation is 2. The fourth-order valence-corrected chi connectivity index (χ4v) is 2.97. The first kappa shape index (κ1) is 15.7. The molecule has 2 heterocycles. The lowest BCUT2D eigenvalue weighted by Gasteiger charge is -2.13. The molecule has 0 saturated carbocycles. The Hall–Kier alpha value is -1.73. The highest BCUT2D eigenvalue weighted by atomic mass is 32.1. The molecule has 2 aromatic heterocycles. The molecule has 0 amide bonds. The number of esters is 1. The second kappa shape index (κ2) is 6.36. The second-order valence-corrected chi connectivity index (χ2v) is 5.96. The van der Waals surface area contributed by atoms with Crippen LogP contribution in [0, 0.1) is 13.8 Å². The lowest BCUT2D eigenvalue weighted by Crippen LogP contribution is -2.30. The molecule has 21 heavy (non-hydrogen) atoms. The third kappa shape index (κ3) is 2.98. The average Bonchev–Trinajstić information content (AvgIpc) is 2.75. The van der Waals surface area contributed by atoms with E-state index in [1.54, 1.807) is 6.92 Å². The van der Waals surface area contributed by atoms with Gasteiger partial charge < -0.3 is 9.47 Å². The van der Waals surface area contributed by atoms with Crippen LogP contribution in [-0.4, -0.2) is 35.8 Å². The predicted octanol–water partition coefficient (Wildman–Crippen LogP) is 1.83. The molecule has 0 spiro atoms. The van der Waals surface area contributed by atoms with Gasteiger partial charge >= 0.3 is 5.97 Å². The molecule has 2 rings (SSSR count). The van der Waals surface area contributed by atoms with Crippen molar-refractivity contribution in [2.75, 3.05) is 20.3 Å². The fraction of sp³-hybridized carbons (Fsp3) is 0.500. The summed E-state index contributed by atoms with van der Waals surface area (Å²) >= 11 is 1.48. The molecule has 0 bridgehead atoms. The zero-order valence-electron chi connectivity index (χ0n) is 12.5. The summed E-state index contributed by atoms with van der Waals surface area (Å²) < 4.78 is 11.2. The van der Waals surface area contributed by atoms with Crippen molar-refractivity contribution in [2.45, 2.75) is 26.8 Å². The van der Waals surface area contributed by atoms with E-state index in [-0.39, 0.29) is 12.2 Å². The summed E-state index contributed by atoms with van der Waals surface area (Å²) in [6.07, 6.45) is 1.41. The van der Waals surface area contributed by atoms with Crippen molar-refractivity contribution in [1.82, 2.24) is 9.55 Å². The standard InChI is InChI=1S/C14H18N2O4S/c1-8-10(3)21-12-11(8)13(17)16(7-15-12)9(2)14(18)20-6-5-19-4/h7,9H,5-6H2,1-4H3/t9-/m0/s1. The van der Waals surface area contributed by atoms with Crippen molar-refractivity contribution in [3.63, 3.8) is 0 Å². The van der Waals surface area contributed by atoms with Crippen molar-refractivity contribution >= 4 is 27.5 Å². The fourth-order valence-electron chi connectivity index (χ4n) is 1.98. The van der Waals surface area contributed by atoms with Crippen LogP contribution < -0.4 is 5.56 Å². The predicted molar refractivity (Wildman–Crippen MR) is 80.9 cm³/mol. The molecule has 6 nitrogen and oxygen atoms in total. The van der Waals surface area contributed by atoms with E-state index in [0.29, 0.717) is 16.8 Å². The van der Waals surface area contributed by atoms with Crippen LogP contribution >= 0.6 is 11.3 Å². The van der Waals surface area contributed by atoms with E-state index in [1.807, 2.05) is 13.8 Å². The third-order valence-corrected chi connectivity index (χ3v) is 4.52. The topological polar surface area (TPSA) is 70.4 Å². The number of carbonyl (C=O) groups is 1. The summed E-state index contributed by atoms with van der Waals surface area (Å²) in [5.74, 6) is -0.472. The van der Waals surface area contributed by atoms with E-state index in [1.165, 1.54) is 29.3 Å². The third-order valence-electron chi connectivity index (χ3n) is 3.40. The minimum Gasteiger partial charge on any atom is -0.462 e. The Morgan fingerprint density at radius 2 is 2.14 bits per heavy atom. The quantitative estimate of drug-likeness (QED) is 0.622. The van der Waals surface area contributed by atoms with Crippen molar-refractivity contribution < 1.29 is 14.3 Å². The van der Waals surface area contributed by atoms with Crippen LogP contribution in [0.25, 0.3) is 10.2 Å². The Labute approximate surface area is 126 Å². The van der Waals surface area contributed by atoms with Crippen LogP contribution in [0.4, 0.5) is 0 Å². The number of nitrogens with zero attached hydrogens (tertiary/aromatic N) is 2. The van der Waals surface area contributed by atoms with E-state index in [4.69, 9.17) is 9.47 Å². The van der Waals surface area contributed by atoms with Gasteiger partial charge in [0.25, 0.3) is 5.56 Å². The van der Waals surface area contributed by atoms with Gasteiger partial charge in [-0.05, 0) is 26.3 Å². The second-order valence-electron chi connectivity index (χ2n) is 4.76. The first-order valence-corrected chi connectivity index (χ1v) is 7.41. The Kier molecular flexibility index (Phi) is 4.74. The van der Waals surface area contributed by atoms with Gasteiger partial charge in [0.1, 0.15) is 17.5 Å². The maximum atomic E-state index is 12.5. The number of hydrogen-bond donors (Lipinski definition) is 0. The molecule has 0 unspecified atom stereocenters. The number of aromatic nitrogens is 2. The molecular weight excluding hydrogens is 292 g/mol. The summed E-state index contributed by atoms with van der Waals surface area (Å²) in [5, 5.41) is 0.580. The van der Waals surface area contributed by atoms with Gasteiger partial charge in [-0.2, -0.15) is 0 Å². The molecule has 7 heteroatoms. The van der Waals surface area contributed by atoms with Gasteiger partial charge in [-0.25, -0.2) is 9.78 Å². The normalized spacial score (nSPS) is 12.6. The molecule has 0 fully saturated rings. The van der Waals surface area contributed by atoms with E-state index in [0.717, 1.165) is 10.4 Å². The smallest absolute Gasteiger partial charge is 0.329 e. The average molecular weight is 310 g/mol. The number of thiophene rings is 1. The first-order valence-electron chi connectivity index (χ1n) is 6.59. The molecule has 0 aliphatic carbocycles. The molecule has 2 aromatic rings. The lowest BCUT2D eigenvalue weighted by molar-refractivity contribution is -0.148. The number of carbonyl (C=O) groups excluding carboxylic acids is 1. The van der Waals surface area contributed by atoms with Gasteiger partial charge in [0, 0.05) is 12.0 Å². The van der Waals surface area contributed by atoms with Gasteiger partial charge in [-0.15, -0.1) is 11.3 Å². The van der Waals surface area contributed by atoms with Crippen molar-refractivity contribution in [2.24, 2.45) is 0 Å². The minimum atomic E-state index is -0.717. The van der Waals surface area contributed by atoms with Crippen molar-refractivity contribution in [1.29, 1.82) is 0 Å². The maximum Gasteiger partial charge on any atom is 0.329 e. The molecular formula is C14H18N2O4S. The van der Waals surface area contributed by atoms with Crippen molar-refractivity contribution in [3.8, 4) is 0 Å². The monoisotopic (exact) mass is 310 g/mol. The van der Waals surface area contributed by atoms with E-state index >= 15 is 0 Å². The molecule has 0 aromatic carbocycles. The largest absolute Gasteiger partial charge is 0.462 e. The highest BCUT2D eigenvalue weighted by Crippen LogP contribution is 2.25. The summed E-state index contributed by atoms with van der Waals surface area (Å²) in [6.45, 7) is 5.96. The minimum absolute atomic E-state index is 0.167.